The van der Waals surface area contributed by atoms with Crippen molar-refractivity contribution < 1.29 is 28.7 Å². The Kier molecular flexibility index (Phi) is 9.74. The Morgan fingerprint density at radius 1 is 1.19 bits per heavy atom. The van der Waals surface area contributed by atoms with Crippen LogP contribution in [0.1, 0.15) is 39.4 Å². The third kappa shape index (κ3) is 8.85. The Labute approximate surface area is 185 Å². The van der Waals surface area contributed by atoms with Gasteiger partial charge in [-0.25, -0.2) is 4.79 Å². The first-order valence-electron chi connectivity index (χ1n) is 11.0. The number of morpholine rings is 1. The number of alkyl carbamates (subject to hydrolysis) is 1. The van der Waals surface area contributed by atoms with Gasteiger partial charge in [0.05, 0.1) is 26.3 Å². The fourth-order valence-corrected chi connectivity index (χ4v) is 3.55. The topological polar surface area (TPSA) is 81.5 Å². The summed E-state index contributed by atoms with van der Waals surface area (Å²) in [6.07, 6.45) is -1.17. The average molecular weight is 437 g/mol. The zero-order valence-electron chi connectivity index (χ0n) is 19.5. The molecule has 1 aromatic rings. The van der Waals surface area contributed by atoms with Crippen molar-refractivity contribution in [2.24, 2.45) is 0 Å². The Morgan fingerprint density at radius 2 is 1.84 bits per heavy atom. The molecule has 1 saturated heterocycles. The molecule has 1 aliphatic heterocycles. The number of amides is 2. The SMILES string of the molecule is CO[C@@H](C(=O)N(CC[NH+]1CCOCC1)C[C@@H](C)NC(=O)OC(C)(C)C)c1ccccc1. The zero-order chi connectivity index (χ0) is 22.9. The van der Waals surface area contributed by atoms with Crippen LogP contribution < -0.4 is 10.2 Å². The number of hydrogen-bond acceptors (Lipinski definition) is 5. The third-order valence-electron chi connectivity index (χ3n) is 5.07. The van der Waals surface area contributed by atoms with Gasteiger partial charge >= 0.3 is 6.09 Å². The normalized spacial score (nSPS) is 16.9. The van der Waals surface area contributed by atoms with Crippen LogP contribution in [0.15, 0.2) is 30.3 Å². The average Bonchev–Trinajstić information content (AvgIpc) is 2.71. The molecule has 31 heavy (non-hydrogen) atoms. The first kappa shape index (κ1) is 25.1. The van der Waals surface area contributed by atoms with Crippen LogP contribution in [0.2, 0.25) is 0 Å². The van der Waals surface area contributed by atoms with Crippen molar-refractivity contribution in [2.75, 3.05) is 53.0 Å². The van der Waals surface area contributed by atoms with Gasteiger partial charge in [0.2, 0.25) is 0 Å². The lowest BCUT2D eigenvalue weighted by Crippen LogP contribution is -3.14. The molecule has 0 unspecified atom stereocenters. The number of nitrogens with one attached hydrogen (secondary N) is 2. The highest BCUT2D eigenvalue weighted by Gasteiger charge is 2.29. The van der Waals surface area contributed by atoms with Gasteiger partial charge in [0.15, 0.2) is 6.10 Å². The maximum atomic E-state index is 13.4. The van der Waals surface area contributed by atoms with Crippen molar-refractivity contribution >= 4 is 12.0 Å². The maximum absolute atomic E-state index is 13.4. The highest BCUT2D eigenvalue weighted by atomic mass is 16.6. The Bertz CT molecular complexity index is 686. The van der Waals surface area contributed by atoms with E-state index in [9.17, 15) is 9.59 Å². The van der Waals surface area contributed by atoms with Crippen molar-refractivity contribution in [3.63, 3.8) is 0 Å². The van der Waals surface area contributed by atoms with Gasteiger partial charge in [0.25, 0.3) is 5.91 Å². The largest absolute Gasteiger partial charge is 0.444 e. The molecule has 8 heteroatoms. The molecular weight excluding hydrogens is 398 g/mol. The van der Waals surface area contributed by atoms with Crippen LogP contribution >= 0.6 is 0 Å². The Hall–Kier alpha value is -2.16. The summed E-state index contributed by atoms with van der Waals surface area (Å²) in [6, 6.07) is 9.20. The summed E-state index contributed by atoms with van der Waals surface area (Å²) in [6.45, 7) is 12.4. The number of carbonyl (C=O) groups excluding carboxylic acids is 2. The molecule has 1 heterocycles. The molecule has 8 nitrogen and oxygen atoms in total. The second kappa shape index (κ2) is 12.0. The molecular formula is C23H38N3O5+. The van der Waals surface area contributed by atoms with Crippen LogP contribution in [-0.4, -0.2) is 81.6 Å². The van der Waals surface area contributed by atoms with Crippen molar-refractivity contribution in [1.29, 1.82) is 0 Å². The zero-order valence-corrected chi connectivity index (χ0v) is 19.5. The predicted octanol–water partition coefficient (Wildman–Crippen LogP) is 1.03. The fraction of sp³-hybridized carbons (Fsp3) is 0.652. The molecule has 1 aliphatic rings. The summed E-state index contributed by atoms with van der Waals surface area (Å²) in [5.74, 6) is -0.112. The van der Waals surface area contributed by atoms with E-state index in [1.54, 1.807) is 12.0 Å². The molecule has 0 saturated carbocycles. The number of carbonyl (C=O) groups is 2. The number of ether oxygens (including phenoxy) is 3. The fourth-order valence-electron chi connectivity index (χ4n) is 3.55. The number of nitrogens with zero attached hydrogens (tertiary/aromatic N) is 1. The molecule has 0 radical (unpaired) electrons. The van der Waals surface area contributed by atoms with Crippen molar-refractivity contribution in [2.45, 2.75) is 45.4 Å². The molecule has 1 aromatic carbocycles. The van der Waals surface area contributed by atoms with E-state index in [0.29, 0.717) is 13.1 Å². The lowest BCUT2D eigenvalue weighted by molar-refractivity contribution is -0.907. The van der Waals surface area contributed by atoms with Gasteiger partial charge in [0, 0.05) is 19.7 Å². The Morgan fingerprint density at radius 3 is 2.42 bits per heavy atom. The van der Waals surface area contributed by atoms with Gasteiger partial charge in [0.1, 0.15) is 18.7 Å². The van der Waals surface area contributed by atoms with Gasteiger partial charge in [-0.05, 0) is 33.3 Å². The summed E-state index contributed by atoms with van der Waals surface area (Å²) in [5.41, 5.74) is 0.236. The van der Waals surface area contributed by atoms with E-state index in [4.69, 9.17) is 14.2 Å². The molecule has 0 aliphatic carbocycles. The molecule has 0 aromatic heterocycles. The van der Waals surface area contributed by atoms with E-state index in [1.165, 1.54) is 4.90 Å². The lowest BCUT2D eigenvalue weighted by Gasteiger charge is -2.32. The van der Waals surface area contributed by atoms with Crippen molar-refractivity contribution in [1.82, 2.24) is 10.2 Å². The highest BCUT2D eigenvalue weighted by molar-refractivity contribution is 5.82. The smallest absolute Gasteiger partial charge is 0.407 e. The number of benzene rings is 1. The molecule has 0 spiro atoms. The van der Waals surface area contributed by atoms with Crippen LogP contribution in [0.4, 0.5) is 4.79 Å². The summed E-state index contributed by atoms with van der Waals surface area (Å²) < 4.78 is 16.3. The summed E-state index contributed by atoms with van der Waals surface area (Å²) in [4.78, 5) is 28.8. The van der Waals surface area contributed by atoms with Crippen LogP contribution in [0.3, 0.4) is 0 Å². The van der Waals surface area contributed by atoms with E-state index in [0.717, 1.165) is 38.4 Å². The van der Waals surface area contributed by atoms with Gasteiger partial charge < -0.3 is 29.3 Å². The monoisotopic (exact) mass is 436 g/mol. The van der Waals surface area contributed by atoms with E-state index < -0.39 is 17.8 Å². The second-order valence-electron chi connectivity index (χ2n) is 8.97. The molecule has 2 rings (SSSR count). The summed E-state index contributed by atoms with van der Waals surface area (Å²) >= 11 is 0. The van der Waals surface area contributed by atoms with Crippen LogP contribution in [0.5, 0.6) is 0 Å². The molecule has 174 valence electrons. The van der Waals surface area contributed by atoms with Gasteiger partial charge in [-0.15, -0.1) is 0 Å². The number of hydrogen-bond donors (Lipinski definition) is 2. The minimum Gasteiger partial charge on any atom is -0.444 e. The number of methoxy groups -OCH3 is 1. The quantitative estimate of drug-likeness (QED) is 0.604. The predicted molar refractivity (Wildman–Crippen MR) is 118 cm³/mol. The third-order valence-corrected chi connectivity index (χ3v) is 5.07. The molecule has 2 atom stereocenters. The number of quaternary nitrogens is 1. The Balaban J connectivity index is 2.07. The first-order chi connectivity index (χ1) is 14.7. The maximum Gasteiger partial charge on any atom is 0.407 e. The summed E-state index contributed by atoms with van der Waals surface area (Å²) in [7, 11) is 1.54. The van der Waals surface area contributed by atoms with Gasteiger partial charge in [-0.2, -0.15) is 0 Å². The standard InChI is InChI=1S/C23H37N3O5/c1-18(24-22(28)31-23(2,3)4)17-26(12-11-25-13-15-30-16-14-25)21(27)20(29-5)19-9-7-6-8-10-19/h6-10,18,20H,11-17H2,1-5H3,(H,24,28)/p+1/t18-,20-/m1/s1. The molecule has 2 amide bonds. The molecule has 0 bridgehead atoms. The van der Waals surface area contributed by atoms with E-state index in [1.807, 2.05) is 58.0 Å². The van der Waals surface area contributed by atoms with Gasteiger partial charge in [-0.3, -0.25) is 4.79 Å². The van der Waals surface area contributed by atoms with Gasteiger partial charge in [-0.1, -0.05) is 30.3 Å². The molecule has 2 N–H and O–H groups in total. The first-order valence-corrected chi connectivity index (χ1v) is 11.0. The van der Waals surface area contributed by atoms with E-state index >= 15 is 0 Å². The summed E-state index contributed by atoms with van der Waals surface area (Å²) in [5, 5.41) is 2.83. The van der Waals surface area contributed by atoms with Crippen molar-refractivity contribution in [3.8, 4) is 0 Å². The second-order valence-corrected chi connectivity index (χ2v) is 8.97. The van der Waals surface area contributed by atoms with Crippen molar-refractivity contribution in [3.05, 3.63) is 35.9 Å². The highest BCUT2D eigenvalue weighted by Crippen LogP contribution is 2.19. The minimum absolute atomic E-state index is 0.112. The molecule has 1 fully saturated rings. The van der Waals surface area contributed by atoms with E-state index in [2.05, 4.69) is 5.32 Å². The van der Waals surface area contributed by atoms with E-state index in [-0.39, 0.29) is 11.9 Å². The van der Waals surface area contributed by atoms with Crippen LogP contribution in [0, 0.1) is 0 Å². The lowest BCUT2D eigenvalue weighted by atomic mass is 10.1. The minimum atomic E-state index is -0.686. The van der Waals surface area contributed by atoms with Crippen LogP contribution in [0.25, 0.3) is 0 Å². The van der Waals surface area contributed by atoms with Crippen LogP contribution in [-0.2, 0) is 19.0 Å². The number of rotatable bonds is 9.